The summed E-state index contributed by atoms with van der Waals surface area (Å²) in [6.45, 7) is 0. The Morgan fingerprint density at radius 3 is 2.50 bits per heavy atom. The van der Waals surface area contributed by atoms with Crippen molar-refractivity contribution in [2.45, 2.75) is 0 Å². The van der Waals surface area contributed by atoms with Crippen LogP contribution in [0.4, 0.5) is 27.9 Å². The highest BCUT2D eigenvalue weighted by Crippen LogP contribution is 2.15. The summed E-state index contributed by atoms with van der Waals surface area (Å²) in [5, 5.41) is 5.17. The van der Waals surface area contributed by atoms with Gasteiger partial charge >= 0.3 is 6.03 Å². The Hall–Kier alpha value is -2.83. The number of carbonyl (C=O) groups is 1. The zero-order chi connectivity index (χ0) is 13.0. The van der Waals surface area contributed by atoms with Crippen LogP contribution in [0.2, 0.25) is 0 Å². The predicted molar refractivity (Wildman–Crippen MR) is 69.9 cm³/mol. The molecular formula is C11H12N6O. The number of nitrogens with two attached hydrogens (primary N) is 2. The van der Waals surface area contributed by atoms with Gasteiger partial charge in [0.2, 0.25) is 5.95 Å². The molecule has 0 saturated carbocycles. The normalized spacial score (nSPS) is 9.78. The maximum absolute atomic E-state index is 11.7. The smallest absolute Gasteiger partial charge is 0.323 e. The lowest BCUT2D eigenvalue weighted by Crippen LogP contribution is -2.20. The number of carbonyl (C=O) groups excluding carboxylic acids is 1. The van der Waals surface area contributed by atoms with Crippen molar-refractivity contribution in [3.05, 3.63) is 36.5 Å². The Bertz CT molecular complexity index is 557. The summed E-state index contributed by atoms with van der Waals surface area (Å²) < 4.78 is 0. The maximum atomic E-state index is 11.7. The van der Waals surface area contributed by atoms with Crippen LogP contribution in [0.3, 0.4) is 0 Å². The lowest BCUT2D eigenvalue weighted by atomic mass is 10.3. The van der Waals surface area contributed by atoms with E-state index in [1.54, 1.807) is 12.1 Å². The van der Waals surface area contributed by atoms with E-state index >= 15 is 0 Å². The molecule has 2 amide bonds. The minimum atomic E-state index is -0.429. The molecule has 92 valence electrons. The number of nitrogens with zero attached hydrogens (tertiary/aromatic N) is 2. The third kappa shape index (κ3) is 2.85. The SMILES string of the molecule is Nc1ncc(NC(=O)Nc2ccccc2)c(N)n1. The first kappa shape index (κ1) is 11.6. The highest BCUT2D eigenvalue weighted by atomic mass is 16.2. The lowest BCUT2D eigenvalue weighted by Gasteiger charge is -2.08. The number of hydrogen-bond acceptors (Lipinski definition) is 5. The molecule has 0 aliphatic heterocycles. The first-order valence-electron chi connectivity index (χ1n) is 5.16. The number of rotatable bonds is 2. The predicted octanol–water partition coefficient (Wildman–Crippen LogP) is 1.28. The summed E-state index contributed by atoms with van der Waals surface area (Å²) in [5.74, 6) is 0.173. The molecule has 1 aromatic carbocycles. The second kappa shape index (κ2) is 5.00. The van der Waals surface area contributed by atoms with Crippen molar-refractivity contribution in [1.82, 2.24) is 9.97 Å². The molecular weight excluding hydrogens is 232 g/mol. The molecule has 0 radical (unpaired) electrons. The van der Waals surface area contributed by atoms with E-state index in [0.717, 1.165) is 0 Å². The molecule has 2 aromatic rings. The number of anilines is 4. The molecule has 0 saturated heterocycles. The first-order chi connectivity index (χ1) is 8.65. The van der Waals surface area contributed by atoms with Crippen LogP contribution >= 0.6 is 0 Å². The van der Waals surface area contributed by atoms with E-state index in [1.165, 1.54) is 6.20 Å². The molecule has 7 nitrogen and oxygen atoms in total. The minimum absolute atomic E-state index is 0.0570. The second-order valence-corrected chi connectivity index (χ2v) is 3.47. The van der Waals surface area contributed by atoms with Gasteiger partial charge in [-0.15, -0.1) is 0 Å². The van der Waals surface area contributed by atoms with Crippen LogP contribution in [-0.4, -0.2) is 16.0 Å². The highest BCUT2D eigenvalue weighted by molar-refractivity contribution is 6.01. The van der Waals surface area contributed by atoms with E-state index in [9.17, 15) is 4.79 Å². The number of nitrogens with one attached hydrogen (secondary N) is 2. The van der Waals surface area contributed by atoms with Crippen LogP contribution in [0.5, 0.6) is 0 Å². The highest BCUT2D eigenvalue weighted by Gasteiger charge is 2.07. The zero-order valence-corrected chi connectivity index (χ0v) is 9.42. The van der Waals surface area contributed by atoms with E-state index in [1.807, 2.05) is 18.2 Å². The Morgan fingerprint density at radius 2 is 1.83 bits per heavy atom. The van der Waals surface area contributed by atoms with Crippen molar-refractivity contribution in [1.29, 1.82) is 0 Å². The summed E-state index contributed by atoms with van der Waals surface area (Å²) in [6.07, 6.45) is 1.35. The van der Waals surface area contributed by atoms with Gasteiger partial charge in [-0.2, -0.15) is 4.98 Å². The third-order valence-corrected chi connectivity index (χ3v) is 2.12. The number of para-hydroxylation sites is 1. The molecule has 0 aliphatic rings. The van der Waals surface area contributed by atoms with Gasteiger partial charge in [-0.25, -0.2) is 9.78 Å². The average Bonchev–Trinajstić information content (AvgIpc) is 2.34. The van der Waals surface area contributed by atoms with Gasteiger partial charge in [0.05, 0.1) is 6.20 Å². The number of urea groups is 1. The molecule has 1 aromatic heterocycles. The molecule has 0 aliphatic carbocycles. The van der Waals surface area contributed by atoms with Gasteiger partial charge < -0.3 is 22.1 Å². The molecule has 7 heteroatoms. The zero-order valence-electron chi connectivity index (χ0n) is 9.42. The molecule has 2 rings (SSSR count). The molecule has 18 heavy (non-hydrogen) atoms. The van der Waals surface area contributed by atoms with E-state index in [0.29, 0.717) is 11.4 Å². The summed E-state index contributed by atoms with van der Waals surface area (Å²) in [6, 6.07) is 8.59. The lowest BCUT2D eigenvalue weighted by molar-refractivity contribution is 0.262. The number of aromatic nitrogens is 2. The summed E-state index contributed by atoms with van der Waals surface area (Å²) in [7, 11) is 0. The fourth-order valence-electron chi connectivity index (χ4n) is 1.31. The Morgan fingerprint density at radius 1 is 1.11 bits per heavy atom. The van der Waals surface area contributed by atoms with Crippen molar-refractivity contribution < 1.29 is 4.79 Å². The number of nitrogen functional groups attached to an aromatic ring is 2. The molecule has 0 fully saturated rings. The number of benzene rings is 1. The molecule has 0 spiro atoms. The Labute approximate surface area is 103 Å². The summed E-state index contributed by atoms with van der Waals surface area (Å²) in [4.78, 5) is 19.1. The number of amides is 2. The van der Waals surface area contributed by atoms with Gasteiger partial charge in [-0.3, -0.25) is 0 Å². The van der Waals surface area contributed by atoms with E-state index < -0.39 is 6.03 Å². The topological polar surface area (TPSA) is 119 Å². The Kier molecular flexibility index (Phi) is 3.24. The van der Waals surface area contributed by atoms with Crippen molar-refractivity contribution in [3.8, 4) is 0 Å². The molecule has 1 heterocycles. The first-order valence-corrected chi connectivity index (χ1v) is 5.16. The van der Waals surface area contributed by atoms with Gasteiger partial charge in [0, 0.05) is 5.69 Å². The standard InChI is InChI=1S/C11H12N6O/c12-9-8(6-14-10(13)17-9)16-11(18)15-7-4-2-1-3-5-7/h1-6H,(H2,15,16,18)(H4,12,13,14,17). The van der Waals surface area contributed by atoms with E-state index in [2.05, 4.69) is 20.6 Å². The third-order valence-electron chi connectivity index (χ3n) is 2.12. The largest absolute Gasteiger partial charge is 0.382 e. The van der Waals surface area contributed by atoms with Crippen molar-refractivity contribution in [2.24, 2.45) is 0 Å². The minimum Gasteiger partial charge on any atom is -0.382 e. The number of hydrogen-bond donors (Lipinski definition) is 4. The monoisotopic (exact) mass is 244 g/mol. The maximum Gasteiger partial charge on any atom is 0.323 e. The summed E-state index contributed by atoms with van der Waals surface area (Å²) in [5.41, 5.74) is 11.9. The van der Waals surface area contributed by atoms with Crippen LogP contribution in [0, 0.1) is 0 Å². The molecule has 0 atom stereocenters. The van der Waals surface area contributed by atoms with Crippen LogP contribution in [0.15, 0.2) is 36.5 Å². The second-order valence-electron chi connectivity index (χ2n) is 3.47. The van der Waals surface area contributed by atoms with Crippen LogP contribution in [0.1, 0.15) is 0 Å². The Balaban J connectivity index is 2.03. The summed E-state index contributed by atoms with van der Waals surface area (Å²) >= 11 is 0. The van der Waals surface area contributed by atoms with Gasteiger partial charge in [0.25, 0.3) is 0 Å². The van der Waals surface area contributed by atoms with Gasteiger partial charge in [0.15, 0.2) is 5.82 Å². The molecule has 6 N–H and O–H groups in total. The quantitative estimate of drug-likeness (QED) is 0.634. The van der Waals surface area contributed by atoms with Gasteiger partial charge in [-0.1, -0.05) is 18.2 Å². The fraction of sp³-hybridized carbons (Fsp3) is 0. The van der Waals surface area contributed by atoms with Crippen LogP contribution < -0.4 is 22.1 Å². The molecule has 0 unspecified atom stereocenters. The van der Waals surface area contributed by atoms with Crippen LogP contribution in [-0.2, 0) is 0 Å². The van der Waals surface area contributed by atoms with Gasteiger partial charge in [0.1, 0.15) is 5.69 Å². The average molecular weight is 244 g/mol. The van der Waals surface area contributed by atoms with Crippen molar-refractivity contribution in [3.63, 3.8) is 0 Å². The van der Waals surface area contributed by atoms with Crippen molar-refractivity contribution in [2.75, 3.05) is 22.1 Å². The van der Waals surface area contributed by atoms with E-state index in [-0.39, 0.29) is 11.8 Å². The van der Waals surface area contributed by atoms with E-state index in [4.69, 9.17) is 11.5 Å². The van der Waals surface area contributed by atoms with Crippen molar-refractivity contribution >= 4 is 29.2 Å². The van der Waals surface area contributed by atoms with Gasteiger partial charge in [-0.05, 0) is 12.1 Å². The van der Waals surface area contributed by atoms with Crippen LogP contribution in [0.25, 0.3) is 0 Å². The molecule has 0 bridgehead atoms. The fourth-order valence-corrected chi connectivity index (χ4v) is 1.31.